The number of aliphatic hydroxyl groups excluding tert-OH is 1. The molecule has 0 saturated carbocycles. The first-order valence-electron chi connectivity index (χ1n) is 9.20. The summed E-state index contributed by atoms with van der Waals surface area (Å²) in [7, 11) is 0. The second-order valence-corrected chi connectivity index (χ2v) is 7.16. The summed E-state index contributed by atoms with van der Waals surface area (Å²) in [6, 6.07) is 11.8. The summed E-state index contributed by atoms with van der Waals surface area (Å²) >= 11 is 0. The van der Waals surface area contributed by atoms with Crippen molar-refractivity contribution in [3.05, 3.63) is 48.8 Å². The van der Waals surface area contributed by atoms with Crippen molar-refractivity contribution in [1.82, 2.24) is 19.6 Å². The van der Waals surface area contributed by atoms with Crippen LogP contribution in [-0.4, -0.2) is 49.2 Å². The highest BCUT2D eigenvalue weighted by atomic mass is 16.5. The van der Waals surface area contributed by atoms with Crippen molar-refractivity contribution in [3.8, 4) is 11.1 Å². The number of nitrogens with zero attached hydrogens (tertiary/aromatic N) is 5. The quantitative estimate of drug-likeness (QED) is 0.466. The monoisotopic (exact) mass is 376 g/mol. The number of fused-ring (bicyclic) bond motifs is 2. The number of nitrogen functional groups attached to an aromatic ring is 1. The summed E-state index contributed by atoms with van der Waals surface area (Å²) < 4.78 is 1.61. The van der Waals surface area contributed by atoms with Gasteiger partial charge < -0.3 is 20.8 Å². The Balaban J connectivity index is 1.59. The standard InChI is InChI=1S/C20H20N6O2/c21-17-8-18(25-6-5-13(11-25)20(27)28)24-19-15(10-23-26(17)19)14-7-12-3-1-2-4-16(12)22-9-14/h1-4,7-10,13,20,27-28H,5-6,11,21H2. The zero-order valence-corrected chi connectivity index (χ0v) is 15.1. The number of anilines is 2. The van der Waals surface area contributed by atoms with Gasteiger partial charge in [-0.15, -0.1) is 0 Å². The molecule has 0 radical (unpaired) electrons. The maximum atomic E-state index is 9.45. The summed E-state index contributed by atoms with van der Waals surface area (Å²) in [5.41, 5.74) is 9.58. The lowest BCUT2D eigenvalue weighted by molar-refractivity contribution is -0.0771. The molecule has 1 unspecified atom stereocenters. The molecule has 0 spiro atoms. The summed E-state index contributed by atoms with van der Waals surface area (Å²) in [6.07, 6.45) is 2.95. The molecular formula is C20H20N6O2. The highest BCUT2D eigenvalue weighted by molar-refractivity contribution is 5.87. The third-order valence-corrected chi connectivity index (χ3v) is 5.36. The molecule has 1 aliphatic rings. The Hall–Kier alpha value is -3.23. The molecule has 142 valence electrons. The Morgan fingerprint density at radius 1 is 1.14 bits per heavy atom. The minimum absolute atomic E-state index is 0.187. The van der Waals surface area contributed by atoms with Crippen LogP contribution >= 0.6 is 0 Å². The molecule has 4 N–H and O–H groups in total. The Bertz CT molecular complexity index is 1170. The van der Waals surface area contributed by atoms with Gasteiger partial charge in [0.1, 0.15) is 11.6 Å². The van der Waals surface area contributed by atoms with Crippen molar-refractivity contribution >= 4 is 28.2 Å². The van der Waals surface area contributed by atoms with E-state index < -0.39 is 6.29 Å². The normalized spacial score (nSPS) is 17.2. The van der Waals surface area contributed by atoms with E-state index in [1.807, 2.05) is 35.4 Å². The molecule has 3 aromatic heterocycles. The Labute approximate surface area is 160 Å². The fraction of sp³-hybridized carbons (Fsp3) is 0.250. The number of rotatable bonds is 3. The van der Waals surface area contributed by atoms with Gasteiger partial charge in [-0.25, -0.2) is 4.98 Å². The average Bonchev–Trinajstić information content (AvgIpc) is 3.35. The van der Waals surface area contributed by atoms with Crippen molar-refractivity contribution in [2.24, 2.45) is 5.92 Å². The lowest BCUT2D eigenvalue weighted by Gasteiger charge is -2.19. The van der Waals surface area contributed by atoms with Crippen LogP contribution < -0.4 is 10.6 Å². The van der Waals surface area contributed by atoms with Gasteiger partial charge in [-0.1, -0.05) is 18.2 Å². The molecule has 4 aromatic rings. The lowest BCUT2D eigenvalue weighted by atomic mass is 10.1. The van der Waals surface area contributed by atoms with Crippen molar-refractivity contribution < 1.29 is 10.2 Å². The van der Waals surface area contributed by atoms with Gasteiger partial charge in [0.15, 0.2) is 11.9 Å². The molecule has 28 heavy (non-hydrogen) atoms. The molecule has 0 amide bonds. The third-order valence-electron chi connectivity index (χ3n) is 5.36. The fourth-order valence-corrected chi connectivity index (χ4v) is 3.80. The van der Waals surface area contributed by atoms with Crippen LogP contribution in [0, 0.1) is 5.92 Å². The van der Waals surface area contributed by atoms with Crippen LogP contribution in [0.1, 0.15) is 6.42 Å². The van der Waals surface area contributed by atoms with Gasteiger partial charge in [-0.2, -0.15) is 9.61 Å². The SMILES string of the molecule is Nc1cc(N2CCC(C(O)O)C2)nc2c(-c3cnc4ccccc4c3)cnn12. The summed E-state index contributed by atoms with van der Waals surface area (Å²) in [4.78, 5) is 11.3. The zero-order valence-electron chi connectivity index (χ0n) is 15.1. The minimum atomic E-state index is -1.32. The highest BCUT2D eigenvalue weighted by Crippen LogP contribution is 2.30. The topological polar surface area (TPSA) is 113 Å². The molecule has 0 bridgehead atoms. The molecule has 8 heteroatoms. The van der Waals surface area contributed by atoms with E-state index in [9.17, 15) is 10.2 Å². The van der Waals surface area contributed by atoms with E-state index in [0.29, 0.717) is 36.8 Å². The van der Waals surface area contributed by atoms with E-state index in [2.05, 4.69) is 16.1 Å². The second-order valence-electron chi connectivity index (χ2n) is 7.16. The summed E-state index contributed by atoms with van der Waals surface area (Å²) in [6.45, 7) is 1.23. The van der Waals surface area contributed by atoms with Crippen LogP contribution in [-0.2, 0) is 0 Å². The number of aromatic nitrogens is 4. The summed E-state index contributed by atoms with van der Waals surface area (Å²) in [5.74, 6) is 1.00. The van der Waals surface area contributed by atoms with Crippen LogP contribution in [0.3, 0.4) is 0 Å². The predicted octanol–water partition coefficient (Wildman–Crippen LogP) is 1.66. The van der Waals surface area contributed by atoms with E-state index in [1.54, 1.807) is 16.8 Å². The molecule has 4 heterocycles. The second kappa shape index (κ2) is 6.43. The molecule has 5 rings (SSSR count). The number of nitrogens with two attached hydrogens (primary N) is 1. The first-order chi connectivity index (χ1) is 13.6. The van der Waals surface area contributed by atoms with Gasteiger partial charge in [0.25, 0.3) is 0 Å². The van der Waals surface area contributed by atoms with E-state index in [4.69, 9.17) is 10.7 Å². The number of hydrogen-bond acceptors (Lipinski definition) is 7. The number of para-hydroxylation sites is 1. The smallest absolute Gasteiger partial charge is 0.167 e. The van der Waals surface area contributed by atoms with Crippen LogP contribution in [0.4, 0.5) is 11.6 Å². The van der Waals surface area contributed by atoms with Crippen molar-refractivity contribution in [1.29, 1.82) is 0 Å². The van der Waals surface area contributed by atoms with Gasteiger partial charge in [-0.3, -0.25) is 4.98 Å². The Morgan fingerprint density at radius 3 is 2.82 bits per heavy atom. The summed E-state index contributed by atoms with van der Waals surface area (Å²) in [5, 5.41) is 24.3. The molecule has 1 aliphatic heterocycles. The first-order valence-corrected chi connectivity index (χ1v) is 9.20. The molecule has 1 fully saturated rings. The van der Waals surface area contributed by atoms with Crippen LogP contribution in [0.25, 0.3) is 27.7 Å². The Morgan fingerprint density at radius 2 is 2.00 bits per heavy atom. The highest BCUT2D eigenvalue weighted by Gasteiger charge is 2.28. The number of benzene rings is 1. The molecule has 1 aromatic carbocycles. The largest absolute Gasteiger partial charge is 0.383 e. The molecule has 1 saturated heterocycles. The molecular weight excluding hydrogens is 356 g/mol. The molecule has 1 atom stereocenters. The van der Waals surface area contributed by atoms with Crippen LogP contribution in [0.2, 0.25) is 0 Å². The average molecular weight is 376 g/mol. The van der Waals surface area contributed by atoms with Gasteiger partial charge >= 0.3 is 0 Å². The van der Waals surface area contributed by atoms with Gasteiger partial charge in [0.2, 0.25) is 0 Å². The number of hydrogen-bond donors (Lipinski definition) is 3. The minimum Gasteiger partial charge on any atom is -0.383 e. The van der Waals surface area contributed by atoms with Gasteiger partial charge in [0.05, 0.1) is 11.7 Å². The maximum Gasteiger partial charge on any atom is 0.167 e. The number of aliphatic hydroxyl groups is 2. The number of pyridine rings is 1. The maximum absolute atomic E-state index is 9.45. The van der Waals surface area contributed by atoms with E-state index in [-0.39, 0.29) is 5.92 Å². The third kappa shape index (κ3) is 2.74. The predicted molar refractivity (Wildman–Crippen MR) is 107 cm³/mol. The van der Waals surface area contributed by atoms with Gasteiger partial charge in [0, 0.05) is 47.8 Å². The van der Waals surface area contributed by atoms with E-state index in [0.717, 1.165) is 22.0 Å². The van der Waals surface area contributed by atoms with Crippen molar-refractivity contribution in [3.63, 3.8) is 0 Å². The van der Waals surface area contributed by atoms with Gasteiger partial charge in [-0.05, 0) is 18.6 Å². The molecule has 0 aliphatic carbocycles. The van der Waals surface area contributed by atoms with E-state index in [1.165, 1.54) is 0 Å². The first kappa shape index (κ1) is 16.9. The lowest BCUT2D eigenvalue weighted by Crippen LogP contribution is -2.26. The Kier molecular flexibility index (Phi) is 3.88. The van der Waals surface area contributed by atoms with Crippen molar-refractivity contribution in [2.75, 3.05) is 23.7 Å². The van der Waals surface area contributed by atoms with Crippen LogP contribution in [0.15, 0.2) is 48.8 Å². The van der Waals surface area contributed by atoms with E-state index >= 15 is 0 Å². The zero-order chi connectivity index (χ0) is 19.3. The van der Waals surface area contributed by atoms with Crippen LogP contribution in [0.5, 0.6) is 0 Å². The fourth-order valence-electron chi connectivity index (χ4n) is 3.80. The molecule has 8 nitrogen and oxygen atoms in total. The van der Waals surface area contributed by atoms with Crippen molar-refractivity contribution in [2.45, 2.75) is 12.7 Å².